The number of halogens is 4. The monoisotopic (exact) mass is 767 g/mol. The standard InChI is InChI=1S/C23H13ClI3NO3/c24-17-4-2-1-3-15(17)12-30-21-18(26)9-13(10-19(21)27)11-20-23(29)31-22(28-20)14-5-7-16(25)8-6-14/h1-11H,12H2/b20-11-. The summed E-state index contributed by atoms with van der Waals surface area (Å²) in [7, 11) is 0. The summed E-state index contributed by atoms with van der Waals surface area (Å²) in [6, 6.07) is 19.2. The smallest absolute Gasteiger partial charge is 0.363 e. The van der Waals surface area contributed by atoms with Crippen molar-refractivity contribution < 1.29 is 14.3 Å². The van der Waals surface area contributed by atoms with Crippen LogP contribution in [-0.4, -0.2) is 11.9 Å². The molecule has 156 valence electrons. The van der Waals surface area contributed by atoms with Crippen LogP contribution in [0.2, 0.25) is 5.02 Å². The molecule has 3 aromatic rings. The van der Waals surface area contributed by atoms with Gasteiger partial charge in [-0.2, -0.15) is 0 Å². The average molecular weight is 768 g/mol. The summed E-state index contributed by atoms with van der Waals surface area (Å²) in [5.74, 6) is 0.634. The zero-order valence-electron chi connectivity index (χ0n) is 15.7. The van der Waals surface area contributed by atoms with Crippen LogP contribution in [0, 0.1) is 10.7 Å². The molecule has 1 aliphatic heterocycles. The van der Waals surface area contributed by atoms with E-state index in [-0.39, 0.29) is 5.70 Å². The fourth-order valence-electron chi connectivity index (χ4n) is 2.85. The summed E-state index contributed by atoms with van der Waals surface area (Å²) in [4.78, 5) is 16.7. The van der Waals surface area contributed by atoms with Gasteiger partial charge in [-0.25, -0.2) is 9.79 Å². The van der Waals surface area contributed by atoms with Crippen molar-refractivity contribution in [1.29, 1.82) is 0 Å². The Hall–Kier alpha value is -1.18. The van der Waals surface area contributed by atoms with Crippen molar-refractivity contribution in [2.45, 2.75) is 6.61 Å². The minimum atomic E-state index is -0.461. The maximum absolute atomic E-state index is 12.3. The molecule has 0 amide bonds. The van der Waals surface area contributed by atoms with Gasteiger partial charge in [0.15, 0.2) is 5.70 Å². The number of cyclic esters (lactones) is 1. The van der Waals surface area contributed by atoms with Crippen LogP contribution in [0.25, 0.3) is 6.08 Å². The lowest BCUT2D eigenvalue weighted by Gasteiger charge is -2.12. The average Bonchev–Trinajstić information content (AvgIpc) is 3.09. The Labute approximate surface area is 225 Å². The van der Waals surface area contributed by atoms with Crippen LogP contribution in [0.4, 0.5) is 0 Å². The molecule has 3 aromatic carbocycles. The number of benzene rings is 3. The first-order valence-electron chi connectivity index (χ1n) is 9.04. The van der Waals surface area contributed by atoms with Crippen molar-refractivity contribution in [3.8, 4) is 5.75 Å². The third-order valence-electron chi connectivity index (χ3n) is 4.37. The Morgan fingerprint density at radius 1 is 1.00 bits per heavy atom. The second-order valence-electron chi connectivity index (χ2n) is 6.54. The van der Waals surface area contributed by atoms with Crippen molar-refractivity contribution in [3.63, 3.8) is 0 Å². The summed E-state index contributed by atoms with van der Waals surface area (Å²) in [5, 5.41) is 0.676. The molecule has 1 aliphatic rings. The summed E-state index contributed by atoms with van der Waals surface area (Å²) in [6.45, 7) is 0.377. The first kappa shape index (κ1) is 23.0. The maximum atomic E-state index is 12.3. The predicted molar refractivity (Wildman–Crippen MR) is 147 cm³/mol. The van der Waals surface area contributed by atoms with E-state index in [4.69, 9.17) is 21.1 Å². The highest BCUT2D eigenvalue weighted by Crippen LogP contribution is 2.32. The molecule has 0 unspecified atom stereocenters. The van der Waals surface area contributed by atoms with Crippen LogP contribution in [0.3, 0.4) is 0 Å². The third-order valence-corrected chi connectivity index (χ3v) is 7.06. The number of esters is 1. The zero-order valence-corrected chi connectivity index (χ0v) is 23.0. The number of carbonyl (C=O) groups excluding carboxylic acids is 1. The molecule has 0 aliphatic carbocycles. The van der Waals surface area contributed by atoms with Crippen molar-refractivity contribution in [2.75, 3.05) is 0 Å². The van der Waals surface area contributed by atoms with E-state index in [0.717, 1.165) is 33.2 Å². The maximum Gasteiger partial charge on any atom is 0.363 e. The minimum Gasteiger partial charge on any atom is -0.487 e. The van der Waals surface area contributed by atoms with Gasteiger partial charge < -0.3 is 9.47 Å². The van der Waals surface area contributed by atoms with E-state index in [0.29, 0.717) is 17.5 Å². The van der Waals surface area contributed by atoms with E-state index >= 15 is 0 Å². The van der Waals surface area contributed by atoms with Gasteiger partial charge in [-0.3, -0.25) is 0 Å². The van der Waals surface area contributed by atoms with Gasteiger partial charge in [0.05, 0.1) is 7.14 Å². The second-order valence-corrected chi connectivity index (χ2v) is 10.5. The predicted octanol–water partition coefficient (Wildman–Crippen LogP) is 7.08. The number of hydrogen-bond donors (Lipinski definition) is 0. The third kappa shape index (κ3) is 5.60. The van der Waals surface area contributed by atoms with Gasteiger partial charge in [-0.15, -0.1) is 0 Å². The van der Waals surface area contributed by atoms with Crippen molar-refractivity contribution in [1.82, 2.24) is 0 Å². The zero-order chi connectivity index (χ0) is 22.0. The molecule has 0 bridgehead atoms. The normalized spacial score (nSPS) is 14.5. The molecular weight excluding hydrogens is 754 g/mol. The summed E-state index contributed by atoms with van der Waals surface area (Å²) >= 11 is 12.9. The fraction of sp³-hybridized carbons (Fsp3) is 0.0435. The Balaban J connectivity index is 1.56. The highest BCUT2D eigenvalue weighted by Gasteiger charge is 2.24. The van der Waals surface area contributed by atoms with Crippen molar-refractivity contribution >= 4 is 97.3 Å². The fourth-order valence-corrected chi connectivity index (χ4v) is 5.53. The van der Waals surface area contributed by atoms with Crippen LogP contribution in [0.1, 0.15) is 16.7 Å². The molecule has 0 saturated heterocycles. The van der Waals surface area contributed by atoms with Gasteiger partial charge >= 0.3 is 5.97 Å². The van der Waals surface area contributed by atoms with E-state index in [1.54, 1.807) is 6.08 Å². The number of nitrogens with zero attached hydrogens (tertiary/aromatic N) is 1. The first-order valence-corrected chi connectivity index (χ1v) is 12.7. The molecule has 4 nitrogen and oxygen atoms in total. The molecule has 1 heterocycles. The van der Waals surface area contributed by atoms with Crippen LogP contribution >= 0.6 is 79.4 Å². The number of carbonyl (C=O) groups is 1. The lowest BCUT2D eigenvalue weighted by Crippen LogP contribution is -2.05. The van der Waals surface area contributed by atoms with Gasteiger partial charge in [0.25, 0.3) is 0 Å². The SMILES string of the molecule is O=C1OC(c2ccc(I)cc2)=N/C1=C\c1cc(I)c(OCc2ccccc2Cl)c(I)c1. The van der Waals surface area contributed by atoms with Gasteiger partial charge in [-0.05, 0) is 122 Å². The molecule has 0 spiro atoms. The molecule has 8 heteroatoms. The minimum absolute atomic E-state index is 0.268. The van der Waals surface area contributed by atoms with Crippen LogP contribution in [-0.2, 0) is 16.1 Å². The molecular formula is C23H13ClI3NO3. The van der Waals surface area contributed by atoms with Crippen LogP contribution < -0.4 is 4.74 Å². The van der Waals surface area contributed by atoms with Crippen molar-refractivity contribution in [3.05, 3.63) is 98.8 Å². The van der Waals surface area contributed by atoms with E-state index in [2.05, 4.69) is 72.8 Å². The topological polar surface area (TPSA) is 47.9 Å². The lowest BCUT2D eigenvalue weighted by atomic mass is 10.2. The Morgan fingerprint density at radius 3 is 2.35 bits per heavy atom. The largest absolute Gasteiger partial charge is 0.487 e. The molecule has 0 atom stereocenters. The molecule has 0 fully saturated rings. The molecule has 31 heavy (non-hydrogen) atoms. The molecule has 0 aromatic heterocycles. The van der Waals surface area contributed by atoms with Gasteiger partial charge in [0.1, 0.15) is 12.4 Å². The first-order chi connectivity index (χ1) is 14.9. The number of rotatable bonds is 5. The van der Waals surface area contributed by atoms with E-state index in [9.17, 15) is 4.79 Å². The Kier molecular flexibility index (Phi) is 7.55. The second kappa shape index (κ2) is 10.2. The Morgan fingerprint density at radius 2 is 1.68 bits per heavy atom. The summed E-state index contributed by atoms with van der Waals surface area (Å²) in [5.41, 5.74) is 2.81. The Bertz CT molecular complexity index is 1200. The molecule has 0 saturated carbocycles. The lowest BCUT2D eigenvalue weighted by molar-refractivity contribution is -0.129. The van der Waals surface area contributed by atoms with Gasteiger partial charge in [0, 0.05) is 19.7 Å². The number of ether oxygens (including phenoxy) is 2. The molecule has 0 radical (unpaired) electrons. The van der Waals surface area contributed by atoms with Crippen LogP contribution in [0.5, 0.6) is 5.75 Å². The quantitative estimate of drug-likeness (QED) is 0.159. The number of aliphatic imine (C=N–C) groups is 1. The van der Waals surface area contributed by atoms with E-state index < -0.39 is 5.97 Å². The number of hydrogen-bond acceptors (Lipinski definition) is 4. The van der Waals surface area contributed by atoms with Crippen LogP contribution in [0.15, 0.2) is 71.4 Å². The highest BCUT2D eigenvalue weighted by molar-refractivity contribution is 14.1. The van der Waals surface area contributed by atoms with E-state index in [1.165, 1.54) is 0 Å². The molecule has 0 N–H and O–H groups in total. The van der Waals surface area contributed by atoms with Crippen molar-refractivity contribution in [2.24, 2.45) is 4.99 Å². The van der Waals surface area contributed by atoms with E-state index in [1.807, 2.05) is 60.7 Å². The molecule has 4 rings (SSSR count). The van der Waals surface area contributed by atoms with Gasteiger partial charge in [-0.1, -0.05) is 29.8 Å². The van der Waals surface area contributed by atoms with Gasteiger partial charge in [0.2, 0.25) is 5.90 Å². The highest BCUT2D eigenvalue weighted by atomic mass is 127. The summed E-state index contributed by atoms with van der Waals surface area (Å²) < 4.78 is 14.3. The summed E-state index contributed by atoms with van der Waals surface area (Å²) in [6.07, 6.45) is 1.73.